The molecule has 4 aromatic carbocycles. The summed E-state index contributed by atoms with van der Waals surface area (Å²) in [7, 11) is 1.51. The van der Waals surface area contributed by atoms with Crippen LogP contribution in [0.4, 0.5) is 0 Å². The highest BCUT2D eigenvalue weighted by Crippen LogP contribution is 2.29. The first-order valence-corrected chi connectivity index (χ1v) is 14.6. The molecule has 0 bridgehead atoms. The fourth-order valence-electron chi connectivity index (χ4n) is 4.21. The van der Waals surface area contributed by atoms with E-state index in [1.807, 2.05) is 42.5 Å². The standard InChI is InChI=1S/C34H30Cl2N4O5/c1-22(45-30-15-13-27(35)18-28(30)36)33(41)39-29(16-23-8-4-3-5-9-23)34(42)40-38-20-24-12-14-31(32(17-24)43-2)44-21-26-11-7-6-10-25(26)19-37/h3-15,17-18,20,22,29H,16,21H2,1-2H3,(H,39,41)(H,40,42)/b38-20-/t22-,29-/m1/s1. The summed E-state index contributed by atoms with van der Waals surface area (Å²) in [5.74, 6) is 0.176. The van der Waals surface area contributed by atoms with E-state index in [4.69, 9.17) is 37.4 Å². The van der Waals surface area contributed by atoms with Crippen LogP contribution in [0.2, 0.25) is 10.0 Å². The second kappa shape index (κ2) is 16.1. The Balaban J connectivity index is 1.41. The Hall–Kier alpha value is -5.04. The first kappa shape index (κ1) is 32.9. The number of ether oxygens (including phenoxy) is 3. The van der Waals surface area contributed by atoms with Crippen molar-refractivity contribution in [3.05, 3.63) is 123 Å². The zero-order chi connectivity index (χ0) is 32.2. The number of nitrogens with one attached hydrogen (secondary N) is 2. The van der Waals surface area contributed by atoms with Crippen molar-refractivity contribution < 1.29 is 23.8 Å². The molecule has 0 heterocycles. The number of halogens is 2. The van der Waals surface area contributed by atoms with Crippen molar-refractivity contribution in [3.63, 3.8) is 0 Å². The molecule has 4 aromatic rings. The molecule has 0 spiro atoms. The molecule has 0 aliphatic carbocycles. The van der Waals surface area contributed by atoms with Gasteiger partial charge in [-0.05, 0) is 60.5 Å². The molecule has 0 saturated heterocycles. The lowest BCUT2D eigenvalue weighted by atomic mass is 10.1. The summed E-state index contributed by atoms with van der Waals surface area (Å²) in [6.07, 6.45) is 0.710. The van der Waals surface area contributed by atoms with Crippen LogP contribution in [0.5, 0.6) is 17.2 Å². The molecular weight excluding hydrogens is 615 g/mol. The molecule has 0 aromatic heterocycles. The second-order valence-electron chi connectivity index (χ2n) is 9.79. The normalized spacial score (nSPS) is 12.1. The molecule has 2 N–H and O–H groups in total. The van der Waals surface area contributed by atoms with E-state index in [-0.39, 0.29) is 23.8 Å². The van der Waals surface area contributed by atoms with Gasteiger partial charge in [-0.2, -0.15) is 10.4 Å². The Morgan fingerprint density at radius 1 is 0.933 bits per heavy atom. The highest BCUT2D eigenvalue weighted by atomic mass is 35.5. The van der Waals surface area contributed by atoms with E-state index >= 15 is 0 Å². The molecule has 230 valence electrons. The minimum absolute atomic E-state index is 0.189. The number of nitrogens with zero attached hydrogens (tertiary/aromatic N) is 2. The van der Waals surface area contributed by atoms with E-state index in [2.05, 4.69) is 21.9 Å². The number of rotatable bonds is 13. The van der Waals surface area contributed by atoms with Gasteiger partial charge in [-0.15, -0.1) is 0 Å². The van der Waals surface area contributed by atoms with Gasteiger partial charge in [0.1, 0.15) is 18.4 Å². The molecule has 0 fully saturated rings. The summed E-state index contributed by atoms with van der Waals surface area (Å²) in [6, 6.07) is 27.5. The van der Waals surface area contributed by atoms with Gasteiger partial charge in [-0.25, -0.2) is 5.43 Å². The van der Waals surface area contributed by atoms with Crippen molar-refractivity contribution >= 4 is 41.2 Å². The molecule has 2 atom stereocenters. The lowest BCUT2D eigenvalue weighted by Crippen LogP contribution is -2.50. The summed E-state index contributed by atoms with van der Waals surface area (Å²) in [6.45, 7) is 1.74. The summed E-state index contributed by atoms with van der Waals surface area (Å²) < 4.78 is 17.1. The molecule has 9 nitrogen and oxygen atoms in total. The van der Waals surface area contributed by atoms with Crippen LogP contribution >= 0.6 is 23.2 Å². The molecule has 4 rings (SSSR count). The third-order valence-electron chi connectivity index (χ3n) is 6.58. The van der Waals surface area contributed by atoms with Gasteiger partial charge in [0.25, 0.3) is 11.8 Å². The summed E-state index contributed by atoms with van der Waals surface area (Å²) in [5.41, 5.74) is 5.26. The average Bonchev–Trinajstić information content (AvgIpc) is 3.05. The molecule has 0 saturated carbocycles. The van der Waals surface area contributed by atoms with Crippen LogP contribution in [-0.2, 0) is 22.6 Å². The van der Waals surface area contributed by atoms with E-state index in [1.165, 1.54) is 19.4 Å². The molecule has 2 amide bonds. The predicted octanol–water partition coefficient (Wildman–Crippen LogP) is 6.10. The molecule has 45 heavy (non-hydrogen) atoms. The number of carbonyl (C=O) groups excluding carboxylic acids is 2. The number of hydrazone groups is 1. The zero-order valence-electron chi connectivity index (χ0n) is 24.5. The number of hydrogen-bond acceptors (Lipinski definition) is 7. The maximum absolute atomic E-state index is 13.2. The Morgan fingerprint density at radius 2 is 1.67 bits per heavy atom. The van der Waals surface area contributed by atoms with Crippen LogP contribution in [0.25, 0.3) is 0 Å². The molecule has 11 heteroatoms. The Labute approximate surface area is 271 Å². The lowest BCUT2D eigenvalue weighted by Gasteiger charge is -2.21. The smallest absolute Gasteiger partial charge is 0.262 e. The van der Waals surface area contributed by atoms with Gasteiger partial charge in [-0.3, -0.25) is 9.59 Å². The second-order valence-corrected chi connectivity index (χ2v) is 10.6. The van der Waals surface area contributed by atoms with E-state index in [1.54, 1.807) is 49.4 Å². The minimum atomic E-state index is -0.958. The van der Waals surface area contributed by atoms with E-state index < -0.39 is 24.0 Å². The minimum Gasteiger partial charge on any atom is -0.493 e. The number of benzene rings is 4. The van der Waals surface area contributed by atoms with Gasteiger partial charge in [0.2, 0.25) is 0 Å². The lowest BCUT2D eigenvalue weighted by molar-refractivity contribution is -0.132. The fraction of sp³-hybridized carbons (Fsp3) is 0.176. The van der Waals surface area contributed by atoms with Crippen molar-refractivity contribution in [3.8, 4) is 23.3 Å². The topological polar surface area (TPSA) is 122 Å². The fourth-order valence-corrected chi connectivity index (χ4v) is 4.66. The molecule has 0 unspecified atom stereocenters. The van der Waals surface area contributed by atoms with Gasteiger partial charge in [0, 0.05) is 17.0 Å². The number of methoxy groups -OCH3 is 1. The average molecular weight is 646 g/mol. The predicted molar refractivity (Wildman–Crippen MR) is 173 cm³/mol. The summed E-state index contributed by atoms with van der Waals surface area (Å²) >= 11 is 12.1. The first-order chi connectivity index (χ1) is 21.8. The summed E-state index contributed by atoms with van der Waals surface area (Å²) in [5, 5.41) is 16.9. The number of amides is 2. The highest BCUT2D eigenvalue weighted by molar-refractivity contribution is 6.35. The van der Waals surface area contributed by atoms with E-state index in [9.17, 15) is 14.9 Å². The Kier molecular flexibility index (Phi) is 11.8. The van der Waals surface area contributed by atoms with Gasteiger partial charge in [0.15, 0.2) is 17.6 Å². The van der Waals surface area contributed by atoms with Crippen LogP contribution in [-0.4, -0.2) is 37.3 Å². The van der Waals surface area contributed by atoms with Gasteiger partial charge in [0.05, 0.1) is 30.0 Å². The molecule has 0 aliphatic heterocycles. The maximum atomic E-state index is 13.2. The molecule has 0 aliphatic rings. The Bertz CT molecular complexity index is 1710. The van der Waals surface area contributed by atoms with Crippen LogP contribution in [0.3, 0.4) is 0 Å². The van der Waals surface area contributed by atoms with Crippen LogP contribution in [0.1, 0.15) is 29.2 Å². The SMILES string of the molecule is COc1cc(/C=N\NC(=O)[C@@H](Cc2ccccc2)NC(=O)[C@@H](C)Oc2ccc(Cl)cc2Cl)ccc1OCc1ccccc1C#N. The van der Waals surface area contributed by atoms with Gasteiger partial charge in [-0.1, -0.05) is 71.7 Å². The quantitative estimate of drug-likeness (QED) is 0.134. The highest BCUT2D eigenvalue weighted by Gasteiger charge is 2.25. The van der Waals surface area contributed by atoms with Crippen molar-refractivity contribution in [2.24, 2.45) is 5.10 Å². The monoisotopic (exact) mass is 644 g/mol. The van der Waals surface area contributed by atoms with Crippen molar-refractivity contribution in [1.29, 1.82) is 5.26 Å². The molecule has 0 radical (unpaired) electrons. The number of hydrogen-bond donors (Lipinski definition) is 2. The third kappa shape index (κ3) is 9.47. The van der Waals surface area contributed by atoms with Crippen molar-refractivity contribution in [1.82, 2.24) is 10.7 Å². The van der Waals surface area contributed by atoms with E-state index in [0.717, 1.165) is 11.1 Å². The van der Waals surface area contributed by atoms with Gasteiger partial charge >= 0.3 is 0 Å². The van der Waals surface area contributed by atoms with Crippen molar-refractivity contribution in [2.75, 3.05) is 7.11 Å². The first-order valence-electron chi connectivity index (χ1n) is 13.8. The van der Waals surface area contributed by atoms with Crippen molar-refractivity contribution in [2.45, 2.75) is 32.1 Å². The Morgan fingerprint density at radius 3 is 2.40 bits per heavy atom. The van der Waals surface area contributed by atoms with Crippen LogP contribution < -0.4 is 25.0 Å². The number of carbonyl (C=O) groups is 2. The number of nitriles is 1. The zero-order valence-corrected chi connectivity index (χ0v) is 26.0. The van der Waals surface area contributed by atoms with Crippen LogP contribution in [0, 0.1) is 11.3 Å². The van der Waals surface area contributed by atoms with E-state index in [0.29, 0.717) is 27.6 Å². The molecular formula is C34H30Cl2N4O5. The largest absolute Gasteiger partial charge is 0.493 e. The van der Waals surface area contributed by atoms with Crippen LogP contribution in [0.15, 0.2) is 96.1 Å². The summed E-state index contributed by atoms with van der Waals surface area (Å²) in [4.78, 5) is 26.3. The maximum Gasteiger partial charge on any atom is 0.262 e. The third-order valence-corrected chi connectivity index (χ3v) is 7.11. The van der Waals surface area contributed by atoms with Gasteiger partial charge < -0.3 is 19.5 Å².